The number of sulfone groups is 2. The van der Waals surface area contributed by atoms with Gasteiger partial charge >= 0.3 is 0 Å². The third kappa shape index (κ3) is 6.17. The molecule has 376 valence electrons. The van der Waals surface area contributed by atoms with Crippen LogP contribution in [0.3, 0.4) is 0 Å². The Kier molecular flexibility index (Phi) is 9.94. The highest BCUT2D eigenvalue weighted by Gasteiger charge is 2.56. The molecule has 0 fully saturated rings. The summed E-state index contributed by atoms with van der Waals surface area (Å²) in [6, 6.07) is 72.9. The molecular weight excluding hydrogens is 1010 g/mol. The molecule has 0 radical (unpaired) electrons. The Hall–Kier alpha value is -9.62. The van der Waals surface area contributed by atoms with Crippen molar-refractivity contribution in [1.29, 1.82) is 0 Å². The number of hydrogen-bond acceptors (Lipinski definition) is 10. The van der Waals surface area contributed by atoms with E-state index in [2.05, 4.69) is 82.6 Å². The molecule has 2 aliphatic heterocycles. The smallest absolute Gasteiger partial charge is 0.206 e. The third-order valence-electron chi connectivity index (χ3n) is 15.8. The number of furan rings is 4. The van der Waals surface area contributed by atoms with Crippen molar-refractivity contribution < 1.29 is 34.5 Å². The average Bonchev–Trinajstić information content (AvgIpc) is 4.51. The molecule has 0 bridgehead atoms. The summed E-state index contributed by atoms with van der Waals surface area (Å²) in [7, 11) is -7.24. The second-order valence-corrected chi connectivity index (χ2v) is 23.4. The first-order valence-electron chi connectivity index (χ1n) is 25.3. The number of hydrogen-bond donors (Lipinski definition) is 0. The van der Waals surface area contributed by atoms with E-state index in [4.69, 9.17) is 17.7 Å². The van der Waals surface area contributed by atoms with Crippen LogP contribution in [-0.2, 0) is 30.5 Å². The van der Waals surface area contributed by atoms with Crippen LogP contribution in [0.2, 0.25) is 0 Å². The fraction of sp³-hybridized carbons (Fsp3) is 0.0303. The van der Waals surface area contributed by atoms with Gasteiger partial charge in [-0.25, -0.2) is 16.8 Å². The van der Waals surface area contributed by atoms with Crippen LogP contribution in [0.15, 0.2) is 293 Å². The second-order valence-electron chi connectivity index (χ2n) is 19.5. The molecule has 0 amide bonds. The van der Waals surface area contributed by atoms with Crippen molar-refractivity contribution >= 4 is 53.8 Å². The molecule has 8 aromatic carbocycles. The number of benzene rings is 8. The number of anilines is 6. The lowest BCUT2D eigenvalue weighted by molar-refractivity contribution is 0.525. The van der Waals surface area contributed by atoms with Crippen LogP contribution in [0.1, 0.15) is 44.5 Å². The maximum absolute atomic E-state index is 13.2. The molecule has 6 heterocycles. The largest absolute Gasteiger partial charge is 0.461 e. The molecule has 4 aromatic heterocycles. The van der Waals surface area contributed by atoms with Crippen molar-refractivity contribution in [3.63, 3.8) is 0 Å². The van der Waals surface area contributed by atoms with Crippen LogP contribution < -0.4 is 9.80 Å². The highest BCUT2D eigenvalue weighted by Crippen LogP contribution is 2.65. The van der Waals surface area contributed by atoms with Gasteiger partial charge in [-0.1, -0.05) is 109 Å². The molecular formula is C66H42N2O8S2. The SMILES string of the molecule is O=S(=O)(c1ccccc1)c1ccc(N2c3ccccc3C3(c4ccccc42)c2ccoc2-c2occc23)cc1.O=S(=O)(c1ccccc1)c1ccc(N2c3ccccc3C3(c4ccccc42)c2ccoc2-c2occc23)cc1. The Morgan fingerprint density at radius 1 is 0.256 bits per heavy atom. The van der Waals surface area contributed by atoms with Crippen molar-refractivity contribution in [3.8, 4) is 23.0 Å². The first-order chi connectivity index (χ1) is 38.2. The molecule has 4 aliphatic rings. The molecule has 0 unspecified atom stereocenters. The lowest BCUT2D eigenvalue weighted by atomic mass is 9.65. The van der Waals surface area contributed by atoms with E-state index in [-0.39, 0.29) is 19.6 Å². The number of rotatable bonds is 6. The van der Waals surface area contributed by atoms with Crippen LogP contribution in [0.4, 0.5) is 34.1 Å². The summed E-state index contributed by atoms with van der Waals surface area (Å²) in [5.41, 5.74) is 13.2. The Bertz CT molecular complexity index is 4080. The van der Waals surface area contributed by atoms with Gasteiger partial charge in [0, 0.05) is 33.6 Å². The molecule has 0 N–H and O–H groups in total. The van der Waals surface area contributed by atoms with Gasteiger partial charge in [0.2, 0.25) is 19.7 Å². The first kappa shape index (κ1) is 45.7. The summed E-state index contributed by atoms with van der Waals surface area (Å²) < 4.78 is 76.7. The molecule has 0 atom stereocenters. The molecule has 16 rings (SSSR count). The zero-order valence-electron chi connectivity index (χ0n) is 41.2. The van der Waals surface area contributed by atoms with Crippen molar-refractivity contribution in [2.24, 2.45) is 0 Å². The van der Waals surface area contributed by atoms with E-state index in [1.165, 1.54) is 0 Å². The number of fused-ring (bicyclic) bond motifs is 18. The Morgan fingerprint density at radius 3 is 0.782 bits per heavy atom. The summed E-state index contributed by atoms with van der Waals surface area (Å²) in [5.74, 6) is 3.01. The highest BCUT2D eigenvalue weighted by molar-refractivity contribution is 7.91. The Morgan fingerprint density at radius 2 is 0.500 bits per heavy atom. The highest BCUT2D eigenvalue weighted by atomic mass is 32.2. The van der Waals surface area contributed by atoms with E-state index in [9.17, 15) is 16.8 Å². The van der Waals surface area contributed by atoms with E-state index in [0.29, 0.717) is 0 Å². The second kappa shape index (κ2) is 16.9. The molecule has 2 spiro atoms. The molecule has 12 aromatic rings. The van der Waals surface area contributed by atoms with Gasteiger partial charge in [0.15, 0.2) is 23.0 Å². The standard InChI is InChI=1S/2C33H21NO4S/c2*35-39(36,23-8-2-1-3-9-23)24-16-14-22(15-17-24)34-29-12-6-4-10-25(29)33(26-11-5-7-13-30(26)34)27-18-20-37-31(27)32-28(33)19-21-38-32/h2*1-21H. The predicted molar refractivity (Wildman–Crippen MR) is 297 cm³/mol. The van der Waals surface area contributed by atoms with Gasteiger partial charge in [-0.3, -0.25) is 0 Å². The van der Waals surface area contributed by atoms with E-state index >= 15 is 0 Å². The monoisotopic (exact) mass is 1050 g/mol. The quantitative estimate of drug-likeness (QED) is 0.159. The van der Waals surface area contributed by atoms with Gasteiger partial charge in [-0.05, 0) is 144 Å². The maximum Gasteiger partial charge on any atom is 0.206 e. The minimum Gasteiger partial charge on any atom is -0.461 e. The van der Waals surface area contributed by atoms with Crippen LogP contribution in [0, 0.1) is 0 Å². The van der Waals surface area contributed by atoms with E-state index < -0.39 is 30.5 Å². The predicted octanol–water partition coefficient (Wildman–Crippen LogP) is 15.7. The lowest BCUT2D eigenvalue weighted by Crippen LogP contribution is -2.35. The topological polar surface area (TPSA) is 127 Å². The molecule has 78 heavy (non-hydrogen) atoms. The fourth-order valence-electron chi connectivity index (χ4n) is 12.6. The number of para-hydroxylation sites is 4. The lowest BCUT2D eigenvalue weighted by Gasteiger charge is -2.44. The zero-order chi connectivity index (χ0) is 52.4. The van der Waals surface area contributed by atoms with Crippen LogP contribution in [-0.4, -0.2) is 16.8 Å². The van der Waals surface area contributed by atoms with Crippen molar-refractivity contribution in [3.05, 3.63) is 300 Å². The molecule has 10 nitrogen and oxygen atoms in total. The van der Waals surface area contributed by atoms with Gasteiger partial charge in [0.25, 0.3) is 0 Å². The summed E-state index contributed by atoms with van der Waals surface area (Å²) in [6.07, 6.45) is 6.89. The van der Waals surface area contributed by atoms with Crippen LogP contribution in [0.25, 0.3) is 23.0 Å². The summed E-state index contributed by atoms with van der Waals surface area (Å²) in [5, 5.41) is 0. The molecule has 0 saturated carbocycles. The zero-order valence-corrected chi connectivity index (χ0v) is 42.9. The van der Waals surface area contributed by atoms with E-state index in [0.717, 1.165) is 102 Å². The van der Waals surface area contributed by atoms with Gasteiger partial charge in [-0.2, -0.15) is 0 Å². The van der Waals surface area contributed by atoms with Gasteiger partial charge < -0.3 is 27.5 Å². The molecule has 2 aliphatic carbocycles. The van der Waals surface area contributed by atoms with Gasteiger partial charge in [-0.15, -0.1) is 0 Å². The normalized spacial score (nSPS) is 14.5. The van der Waals surface area contributed by atoms with E-state index in [1.807, 2.05) is 84.9 Å². The first-order valence-corrected chi connectivity index (χ1v) is 28.3. The van der Waals surface area contributed by atoms with Gasteiger partial charge in [0.05, 0.1) is 78.2 Å². The van der Waals surface area contributed by atoms with Crippen molar-refractivity contribution in [1.82, 2.24) is 0 Å². The van der Waals surface area contributed by atoms with E-state index in [1.54, 1.807) is 97.8 Å². The molecule has 12 heteroatoms. The van der Waals surface area contributed by atoms with Crippen LogP contribution in [0.5, 0.6) is 0 Å². The number of nitrogens with zero attached hydrogens (tertiary/aromatic N) is 2. The Labute approximate surface area is 449 Å². The minimum atomic E-state index is -3.62. The van der Waals surface area contributed by atoms with Crippen LogP contribution >= 0.6 is 0 Å². The average molecular weight is 1060 g/mol. The summed E-state index contributed by atoms with van der Waals surface area (Å²) >= 11 is 0. The fourth-order valence-corrected chi connectivity index (χ4v) is 15.2. The third-order valence-corrected chi connectivity index (χ3v) is 19.4. The summed E-state index contributed by atoms with van der Waals surface area (Å²) in [4.78, 5) is 5.48. The molecule has 0 saturated heterocycles. The summed E-state index contributed by atoms with van der Waals surface area (Å²) in [6.45, 7) is 0. The minimum absolute atomic E-state index is 0.259. The van der Waals surface area contributed by atoms with Crippen molar-refractivity contribution in [2.45, 2.75) is 30.4 Å². The van der Waals surface area contributed by atoms with Gasteiger partial charge in [0.1, 0.15) is 0 Å². The Balaban J connectivity index is 0.000000136. The maximum atomic E-state index is 13.2. The van der Waals surface area contributed by atoms with Crippen molar-refractivity contribution in [2.75, 3.05) is 9.80 Å².